The molecule has 0 bridgehead atoms. The highest BCUT2D eigenvalue weighted by Gasteiger charge is 2.18. The van der Waals surface area contributed by atoms with Crippen molar-refractivity contribution >= 4 is 0 Å². The summed E-state index contributed by atoms with van der Waals surface area (Å²) in [6.07, 6.45) is 13.5. The number of aryl methyl sites for hydroxylation is 1. The van der Waals surface area contributed by atoms with E-state index in [1.165, 1.54) is 38.5 Å². The van der Waals surface area contributed by atoms with E-state index in [4.69, 9.17) is 4.74 Å². The van der Waals surface area contributed by atoms with E-state index in [0.717, 1.165) is 19.1 Å². The average Bonchev–Trinajstić information content (AvgIpc) is 2.86. The van der Waals surface area contributed by atoms with E-state index in [9.17, 15) is 0 Å². The van der Waals surface area contributed by atoms with Crippen LogP contribution in [0.4, 0.5) is 0 Å². The molecule has 3 nitrogen and oxygen atoms in total. The number of rotatable bonds is 10. The molecule has 0 aliphatic carbocycles. The van der Waals surface area contributed by atoms with E-state index >= 15 is 0 Å². The van der Waals surface area contributed by atoms with Gasteiger partial charge in [0.25, 0.3) is 0 Å². The van der Waals surface area contributed by atoms with Crippen LogP contribution in [0.5, 0.6) is 0 Å². The molecule has 0 radical (unpaired) electrons. The topological polar surface area (TPSA) is 27.1 Å². The van der Waals surface area contributed by atoms with E-state index in [0.29, 0.717) is 5.41 Å². The predicted molar refractivity (Wildman–Crippen MR) is 84.8 cm³/mol. The van der Waals surface area contributed by atoms with Crippen LogP contribution in [0.1, 0.15) is 59.3 Å². The second kappa shape index (κ2) is 9.17. The van der Waals surface area contributed by atoms with Gasteiger partial charge in [-0.3, -0.25) is 0 Å². The first-order chi connectivity index (χ1) is 9.51. The molecule has 1 aromatic rings. The lowest BCUT2D eigenvalue weighted by Gasteiger charge is -2.26. The number of unbranched alkanes of at least 4 members (excludes halogenated alkanes) is 2. The van der Waals surface area contributed by atoms with E-state index in [1.54, 1.807) is 7.11 Å². The Morgan fingerprint density at radius 3 is 2.55 bits per heavy atom. The lowest BCUT2D eigenvalue weighted by atomic mass is 9.81. The number of ether oxygens (including phenoxy) is 1. The molecule has 1 atom stereocenters. The molecule has 0 saturated heterocycles. The maximum absolute atomic E-state index is 5.25. The first-order valence-electron chi connectivity index (χ1n) is 7.96. The van der Waals surface area contributed by atoms with Gasteiger partial charge in [0.2, 0.25) is 0 Å². The third-order valence-corrected chi connectivity index (χ3v) is 3.72. The number of nitrogens with zero attached hydrogens (tertiary/aromatic N) is 2. The molecule has 0 unspecified atom stereocenters. The minimum atomic E-state index is 0.426. The van der Waals surface area contributed by atoms with Crippen molar-refractivity contribution in [3.8, 4) is 0 Å². The van der Waals surface area contributed by atoms with E-state index in [1.807, 2.05) is 18.7 Å². The summed E-state index contributed by atoms with van der Waals surface area (Å²) in [7, 11) is 1.80. The molecule has 0 spiro atoms. The molecule has 0 saturated carbocycles. The van der Waals surface area contributed by atoms with E-state index < -0.39 is 0 Å². The summed E-state index contributed by atoms with van der Waals surface area (Å²) in [5.74, 6) is 0.809. The summed E-state index contributed by atoms with van der Waals surface area (Å²) in [4.78, 5) is 4.07. The fourth-order valence-corrected chi connectivity index (χ4v) is 2.82. The molecule has 0 fully saturated rings. The lowest BCUT2D eigenvalue weighted by Crippen LogP contribution is -2.15. The monoisotopic (exact) mass is 280 g/mol. The molecule has 116 valence electrons. The molecule has 0 aromatic carbocycles. The van der Waals surface area contributed by atoms with Crippen LogP contribution in [0.3, 0.4) is 0 Å². The fraction of sp³-hybridized carbons (Fsp3) is 0.824. The molecule has 0 N–H and O–H groups in total. The van der Waals surface area contributed by atoms with Gasteiger partial charge in [-0.2, -0.15) is 0 Å². The Kier molecular flexibility index (Phi) is 7.90. The molecule has 1 aromatic heterocycles. The average molecular weight is 280 g/mol. The molecule has 0 aliphatic rings. The van der Waals surface area contributed by atoms with Gasteiger partial charge in [0, 0.05) is 32.7 Å². The highest BCUT2D eigenvalue weighted by molar-refractivity contribution is 4.74. The molecule has 0 amide bonds. The third-order valence-electron chi connectivity index (χ3n) is 3.72. The number of hydrogen-bond donors (Lipinski definition) is 0. The second-order valence-corrected chi connectivity index (χ2v) is 7.06. The van der Waals surface area contributed by atoms with Crippen molar-refractivity contribution < 1.29 is 4.74 Å². The number of imidazole rings is 1. The molecule has 0 aliphatic heterocycles. The maximum Gasteiger partial charge on any atom is 0.0945 e. The van der Waals surface area contributed by atoms with Crippen LogP contribution in [-0.4, -0.2) is 23.3 Å². The van der Waals surface area contributed by atoms with Gasteiger partial charge in [-0.25, -0.2) is 4.98 Å². The fourth-order valence-electron chi connectivity index (χ4n) is 2.82. The summed E-state index contributed by atoms with van der Waals surface area (Å²) in [5.41, 5.74) is 0.426. The van der Waals surface area contributed by atoms with Crippen molar-refractivity contribution in [2.24, 2.45) is 11.3 Å². The van der Waals surface area contributed by atoms with Crippen LogP contribution in [0.15, 0.2) is 18.7 Å². The maximum atomic E-state index is 5.25. The normalized spacial score (nSPS) is 13.6. The molecular formula is C17H32N2O. The van der Waals surface area contributed by atoms with Crippen LogP contribution in [0.25, 0.3) is 0 Å². The summed E-state index contributed by atoms with van der Waals surface area (Å²) < 4.78 is 7.42. The number of methoxy groups -OCH3 is 1. The van der Waals surface area contributed by atoms with Crippen molar-refractivity contribution in [2.75, 3.05) is 13.7 Å². The number of hydrogen-bond acceptors (Lipinski definition) is 2. The largest absolute Gasteiger partial charge is 0.385 e. The minimum absolute atomic E-state index is 0.426. The van der Waals surface area contributed by atoms with Crippen LogP contribution < -0.4 is 0 Å². The zero-order chi connectivity index (χ0) is 14.8. The van der Waals surface area contributed by atoms with Crippen molar-refractivity contribution in [3.05, 3.63) is 18.7 Å². The highest BCUT2D eigenvalue weighted by Crippen LogP contribution is 2.29. The highest BCUT2D eigenvalue weighted by atomic mass is 16.5. The SMILES string of the molecule is COCC[C@@H](CCCCCn1ccnc1)CC(C)(C)C. The Labute approximate surface area is 124 Å². The van der Waals surface area contributed by atoms with Gasteiger partial charge in [-0.15, -0.1) is 0 Å². The lowest BCUT2D eigenvalue weighted by molar-refractivity contribution is 0.157. The standard InChI is InChI=1S/C17H32N2O/c1-17(2,3)14-16(9-13-20-4)8-6-5-7-11-19-12-10-18-15-19/h10,12,15-16H,5-9,11,13-14H2,1-4H3/t16-/m1/s1. The van der Waals surface area contributed by atoms with Crippen molar-refractivity contribution in [1.29, 1.82) is 0 Å². The minimum Gasteiger partial charge on any atom is -0.385 e. The van der Waals surface area contributed by atoms with E-state index in [2.05, 4.69) is 30.3 Å². The summed E-state index contributed by atoms with van der Waals surface area (Å²) >= 11 is 0. The van der Waals surface area contributed by atoms with Gasteiger partial charge in [-0.1, -0.05) is 40.0 Å². The van der Waals surface area contributed by atoms with Gasteiger partial charge < -0.3 is 9.30 Å². The zero-order valence-corrected chi connectivity index (χ0v) is 13.8. The third kappa shape index (κ3) is 8.36. The number of aromatic nitrogens is 2. The Balaban J connectivity index is 2.16. The van der Waals surface area contributed by atoms with Gasteiger partial charge in [-0.05, 0) is 30.6 Å². The summed E-state index contributed by atoms with van der Waals surface area (Å²) in [6.45, 7) is 9.02. The van der Waals surface area contributed by atoms with Crippen LogP contribution in [-0.2, 0) is 11.3 Å². The summed E-state index contributed by atoms with van der Waals surface area (Å²) in [6, 6.07) is 0. The first-order valence-corrected chi connectivity index (χ1v) is 7.96. The second-order valence-electron chi connectivity index (χ2n) is 7.06. The van der Waals surface area contributed by atoms with Crippen LogP contribution >= 0.6 is 0 Å². The Bertz CT molecular complexity index is 327. The molecule has 1 rings (SSSR count). The quantitative estimate of drug-likeness (QED) is 0.589. The summed E-state index contributed by atoms with van der Waals surface area (Å²) in [5, 5.41) is 0. The van der Waals surface area contributed by atoms with Gasteiger partial charge in [0.1, 0.15) is 0 Å². The Morgan fingerprint density at radius 1 is 1.15 bits per heavy atom. The molecule has 1 heterocycles. The van der Waals surface area contributed by atoms with E-state index in [-0.39, 0.29) is 0 Å². The molecular weight excluding hydrogens is 248 g/mol. The van der Waals surface area contributed by atoms with Gasteiger partial charge >= 0.3 is 0 Å². The van der Waals surface area contributed by atoms with Crippen molar-refractivity contribution in [3.63, 3.8) is 0 Å². The Morgan fingerprint density at radius 2 is 1.95 bits per heavy atom. The molecule has 3 heteroatoms. The van der Waals surface area contributed by atoms with Crippen LogP contribution in [0.2, 0.25) is 0 Å². The first kappa shape index (κ1) is 17.2. The van der Waals surface area contributed by atoms with Crippen LogP contribution in [0, 0.1) is 11.3 Å². The Hall–Kier alpha value is -0.830. The molecule has 20 heavy (non-hydrogen) atoms. The smallest absolute Gasteiger partial charge is 0.0945 e. The zero-order valence-electron chi connectivity index (χ0n) is 13.8. The van der Waals surface area contributed by atoms with Gasteiger partial charge in [0.15, 0.2) is 0 Å². The van der Waals surface area contributed by atoms with Gasteiger partial charge in [0.05, 0.1) is 6.33 Å². The van der Waals surface area contributed by atoms with Crippen molar-refractivity contribution in [2.45, 2.75) is 65.8 Å². The van der Waals surface area contributed by atoms with Crippen molar-refractivity contribution in [1.82, 2.24) is 9.55 Å². The predicted octanol–water partition coefficient (Wildman–Crippen LogP) is 4.53.